The first-order chi connectivity index (χ1) is 19.5. The molecule has 2 heterocycles. The Labute approximate surface area is 240 Å². The number of carbonyl (C=O) groups is 1. The minimum absolute atomic E-state index is 0.197. The summed E-state index contributed by atoms with van der Waals surface area (Å²) < 4.78 is 18.5. The molecule has 40 heavy (non-hydrogen) atoms. The Morgan fingerprint density at radius 3 is 2.45 bits per heavy atom. The van der Waals surface area contributed by atoms with Crippen molar-refractivity contribution in [1.82, 2.24) is 4.57 Å². The molecule has 0 aliphatic carbocycles. The quantitative estimate of drug-likeness (QED) is 0.226. The van der Waals surface area contributed by atoms with Crippen LogP contribution in [0.4, 0.5) is 0 Å². The first-order valence-corrected chi connectivity index (χ1v) is 14.7. The molecule has 4 aromatic rings. The van der Waals surface area contributed by atoms with Crippen LogP contribution in [0.1, 0.15) is 29.7 Å². The van der Waals surface area contributed by atoms with E-state index in [-0.39, 0.29) is 12.2 Å². The van der Waals surface area contributed by atoms with E-state index in [1.165, 1.54) is 11.3 Å². The number of thiazole rings is 1. The molecular formula is C31H28N2O5S2. The van der Waals surface area contributed by atoms with E-state index >= 15 is 0 Å². The van der Waals surface area contributed by atoms with Gasteiger partial charge >= 0.3 is 5.97 Å². The zero-order chi connectivity index (χ0) is 28.2. The SMILES string of the molecule is CCOC(=O)C1=C(c2ccccc2)N=c2s/c(=C\c3cc(OC)ccc3OC)c(=O)n2[C@H]1c1ccc(SC)cc1. The molecular weight excluding hydrogens is 544 g/mol. The number of methoxy groups -OCH3 is 2. The van der Waals surface area contributed by atoms with Crippen molar-refractivity contribution in [2.75, 3.05) is 27.1 Å². The van der Waals surface area contributed by atoms with Crippen LogP contribution in [0.3, 0.4) is 0 Å². The van der Waals surface area contributed by atoms with Crippen LogP contribution in [-0.4, -0.2) is 37.6 Å². The van der Waals surface area contributed by atoms with Gasteiger partial charge in [-0.2, -0.15) is 0 Å². The summed E-state index contributed by atoms with van der Waals surface area (Å²) in [7, 11) is 3.17. The Kier molecular flexibility index (Phi) is 8.23. The number of nitrogens with zero attached hydrogens (tertiary/aromatic N) is 2. The molecule has 0 fully saturated rings. The van der Waals surface area contributed by atoms with Gasteiger partial charge in [-0.25, -0.2) is 9.79 Å². The highest BCUT2D eigenvalue weighted by atomic mass is 32.2. The van der Waals surface area contributed by atoms with E-state index in [0.29, 0.717) is 37.7 Å². The summed E-state index contributed by atoms with van der Waals surface area (Å²) in [6.45, 7) is 1.96. The van der Waals surface area contributed by atoms with Crippen molar-refractivity contribution in [3.63, 3.8) is 0 Å². The number of aromatic nitrogens is 1. The number of carbonyl (C=O) groups excluding carboxylic acids is 1. The van der Waals surface area contributed by atoms with Crippen molar-refractivity contribution in [2.45, 2.75) is 17.9 Å². The minimum atomic E-state index is -0.726. The van der Waals surface area contributed by atoms with Gasteiger partial charge in [0.25, 0.3) is 5.56 Å². The van der Waals surface area contributed by atoms with Crippen LogP contribution < -0.4 is 24.4 Å². The van der Waals surface area contributed by atoms with Gasteiger partial charge in [0, 0.05) is 16.0 Å². The zero-order valence-corrected chi connectivity index (χ0v) is 24.2. The molecule has 0 unspecified atom stereocenters. The summed E-state index contributed by atoms with van der Waals surface area (Å²) in [5, 5.41) is 0. The Balaban J connectivity index is 1.82. The van der Waals surface area contributed by atoms with Gasteiger partial charge in [0.15, 0.2) is 4.80 Å². The summed E-state index contributed by atoms with van der Waals surface area (Å²) in [6.07, 6.45) is 3.78. The van der Waals surface area contributed by atoms with Gasteiger partial charge in [-0.3, -0.25) is 9.36 Å². The summed E-state index contributed by atoms with van der Waals surface area (Å²) in [5.74, 6) is 0.739. The van der Waals surface area contributed by atoms with Crippen LogP contribution in [0.15, 0.2) is 93.1 Å². The lowest BCUT2D eigenvalue weighted by atomic mass is 9.93. The van der Waals surface area contributed by atoms with Crippen LogP contribution in [0.2, 0.25) is 0 Å². The van der Waals surface area contributed by atoms with Gasteiger partial charge in [0.1, 0.15) is 11.5 Å². The molecule has 3 aromatic carbocycles. The predicted molar refractivity (Wildman–Crippen MR) is 159 cm³/mol. The normalized spacial score (nSPS) is 14.9. The van der Waals surface area contributed by atoms with E-state index in [1.54, 1.807) is 55.7 Å². The van der Waals surface area contributed by atoms with E-state index < -0.39 is 12.0 Å². The molecule has 1 aliphatic rings. The van der Waals surface area contributed by atoms with E-state index in [9.17, 15) is 9.59 Å². The molecule has 204 valence electrons. The van der Waals surface area contributed by atoms with Gasteiger partial charge in [0.05, 0.1) is 42.7 Å². The number of benzene rings is 3. The maximum Gasteiger partial charge on any atom is 0.338 e. The fourth-order valence-electron chi connectivity index (χ4n) is 4.64. The summed E-state index contributed by atoms with van der Waals surface area (Å²) >= 11 is 2.88. The summed E-state index contributed by atoms with van der Waals surface area (Å²) in [4.78, 5) is 34.1. The lowest BCUT2D eigenvalue weighted by molar-refractivity contribution is -0.138. The molecule has 0 N–H and O–H groups in total. The molecule has 1 aromatic heterocycles. The van der Waals surface area contributed by atoms with Gasteiger partial charge in [-0.05, 0) is 55.2 Å². The number of hydrogen-bond donors (Lipinski definition) is 0. The Morgan fingerprint density at radius 2 is 1.80 bits per heavy atom. The highest BCUT2D eigenvalue weighted by Gasteiger charge is 2.35. The third-order valence-electron chi connectivity index (χ3n) is 6.53. The monoisotopic (exact) mass is 572 g/mol. The molecule has 0 spiro atoms. The van der Waals surface area contributed by atoms with Crippen LogP contribution >= 0.6 is 23.1 Å². The topological polar surface area (TPSA) is 79.1 Å². The lowest BCUT2D eigenvalue weighted by Crippen LogP contribution is -2.40. The molecule has 1 aliphatic heterocycles. The van der Waals surface area contributed by atoms with Crippen molar-refractivity contribution in [3.8, 4) is 11.5 Å². The van der Waals surface area contributed by atoms with E-state index in [4.69, 9.17) is 19.2 Å². The number of esters is 1. The average molecular weight is 573 g/mol. The van der Waals surface area contributed by atoms with Crippen molar-refractivity contribution in [2.24, 2.45) is 4.99 Å². The zero-order valence-electron chi connectivity index (χ0n) is 22.5. The second kappa shape index (κ2) is 12.0. The van der Waals surface area contributed by atoms with Crippen molar-refractivity contribution in [3.05, 3.63) is 115 Å². The first-order valence-electron chi connectivity index (χ1n) is 12.6. The van der Waals surface area contributed by atoms with Gasteiger partial charge in [-0.15, -0.1) is 11.8 Å². The second-order valence-electron chi connectivity index (χ2n) is 8.81. The molecule has 5 rings (SSSR count). The average Bonchev–Trinajstić information content (AvgIpc) is 3.31. The Hall–Kier alpha value is -4.08. The number of rotatable bonds is 8. The molecule has 7 nitrogen and oxygen atoms in total. The number of hydrogen-bond acceptors (Lipinski definition) is 8. The molecule has 0 saturated heterocycles. The molecule has 0 radical (unpaired) electrons. The summed E-state index contributed by atoms with van der Waals surface area (Å²) in [5.41, 5.74) is 2.80. The van der Waals surface area contributed by atoms with Gasteiger partial charge < -0.3 is 14.2 Å². The lowest BCUT2D eigenvalue weighted by Gasteiger charge is -2.26. The Morgan fingerprint density at radius 1 is 1.05 bits per heavy atom. The van der Waals surface area contributed by atoms with E-state index in [0.717, 1.165) is 16.0 Å². The van der Waals surface area contributed by atoms with Crippen LogP contribution in [0, 0.1) is 0 Å². The molecule has 9 heteroatoms. The molecule has 1 atom stereocenters. The third-order valence-corrected chi connectivity index (χ3v) is 8.26. The maximum absolute atomic E-state index is 14.1. The highest BCUT2D eigenvalue weighted by Crippen LogP contribution is 2.35. The van der Waals surface area contributed by atoms with Crippen LogP contribution in [0.25, 0.3) is 11.8 Å². The van der Waals surface area contributed by atoms with Crippen molar-refractivity contribution < 1.29 is 19.0 Å². The standard InChI is InChI=1S/C31H28N2O5S2/c1-5-38-30(35)26-27(19-9-7-6-8-10-19)32-31-33(28(26)20-11-14-23(39-4)15-12-20)29(34)25(40-31)18-21-17-22(36-2)13-16-24(21)37-3/h6-18,28H,5H2,1-4H3/b25-18-/t28-/m0/s1. The maximum atomic E-state index is 14.1. The number of ether oxygens (including phenoxy) is 3. The first kappa shape index (κ1) is 27.5. The number of fused-ring (bicyclic) bond motifs is 1. The van der Waals surface area contributed by atoms with Crippen molar-refractivity contribution in [1.29, 1.82) is 0 Å². The largest absolute Gasteiger partial charge is 0.497 e. The Bertz CT molecular complexity index is 1760. The third kappa shape index (κ3) is 5.22. The summed E-state index contributed by atoms with van der Waals surface area (Å²) in [6, 6.07) is 22.1. The fraction of sp³-hybridized carbons (Fsp3) is 0.194. The second-order valence-corrected chi connectivity index (χ2v) is 10.7. The molecule has 0 saturated carbocycles. The fourth-order valence-corrected chi connectivity index (χ4v) is 6.04. The highest BCUT2D eigenvalue weighted by molar-refractivity contribution is 7.98. The smallest absolute Gasteiger partial charge is 0.338 e. The predicted octanol–water partition coefficient (Wildman–Crippen LogP) is 4.67. The molecule has 0 amide bonds. The minimum Gasteiger partial charge on any atom is -0.497 e. The van der Waals surface area contributed by atoms with E-state index in [2.05, 4.69) is 0 Å². The van der Waals surface area contributed by atoms with Gasteiger partial charge in [0.2, 0.25) is 0 Å². The van der Waals surface area contributed by atoms with Gasteiger partial charge in [-0.1, -0.05) is 53.8 Å². The van der Waals surface area contributed by atoms with Crippen LogP contribution in [0.5, 0.6) is 11.5 Å². The van der Waals surface area contributed by atoms with Crippen LogP contribution in [-0.2, 0) is 9.53 Å². The number of thioether (sulfide) groups is 1. The van der Waals surface area contributed by atoms with E-state index in [1.807, 2.05) is 66.9 Å². The molecule has 0 bridgehead atoms. The van der Waals surface area contributed by atoms with Crippen molar-refractivity contribution >= 4 is 40.8 Å².